The summed E-state index contributed by atoms with van der Waals surface area (Å²) in [7, 11) is -3.36. The lowest BCUT2D eigenvalue weighted by atomic mass is 10.1. The van der Waals surface area contributed by atoms with E-state index in [0.717, 1.165) is 24.0 Å². The van der Waals surface area contributed by atoms with Gasteiger partial charge in [0.2, 0.25) is 10.0 Å². The number of sulfonamides is 1. The van der Waals surface area contributed by atoms with Crippen LogP contribution in [0.3, 0.4) is 0 Å². The normalized spacial score (nSPS) is 16.2. The van der Waals surface area contributed by atoms with Crippen LogP contribution >= 0.6 is 0 Å². The predicted octanol–water partition coefficient (Wildman–Crippen LogP) is 2.84. The molecule has 0 aliphatic carbocycles. The molecule has 2 aromatic rings. The number of rotatable bonds is 3. The van der Waals surface area contributed by atoms with E-state index >= 15 is 0 Å². The van der Waals surface area contributed by atoms with E-state index in [-0.39, 0.29) is 5.75 Å². The summed E-state index contributed by atoms with van der Waals surface area (Å²) >= 11 is 0. The molecule has 1 aliphatic rings. The van der Waals surface area contributed by atoms with Gasteiger partial charge in [0.05, 0.1) is 4.90 Å². The van der Waals surface area contributed by atoms with E-state index in [1.54, 1.807) is 42.5 Å². The van der Waals surface area contributed by atoms with Crippen molar-refractivity contribution in [3.63, 3.8) is 0 Å². The molecule has 1 fully saturated rings. The van der Waals surface area contributed by atoms with Gasteiger partial charge in [0.15, 0.2) is 0 Å². The summed E-state index contributed by atoms with van der Waals surface area (Å²) in [5, 5.41) is 9.50. The molecule has 1 aliphatic heterocycles. The third-order valence-electron chi connectivity index (χ3n) is 3.74. The fourth-order valence-electron chi connectivity index (χ4n) is 2.58. The Kier molecular flexibility index (Phi) is 3.69. The quantitative estimate of drug-likeness (QED) is 0.948. The van der Waals surface area contributed by atoms with Crippen molar-refractivity contribution in [2.45, 2.75) is 17.7 Å². The number of benzene rings is 2. The number of phenols is 1. The number of hydrogen-bond donors (Lipinski definition) is 1. The molecular formula is C16H17NO3S. The first-order valence-electron chi connectivity index (χ1n) is 6.97. The molecule has 1 N–H and O–H groups in total. The highest BCUT2D eigenvalue weighted by Crippen LogP contribution is 2.26. The summed E-state index contributed by atoms with van der Waals surface area (Å²) in [5.41, 5.74) is 1.74. The molecule has 0 atom stereocenters. The Hall–Kier alpha value is -1.85. The van der Waals surface area contributed by atoms with Crippen LogP contribution in [-0.4, -0.2) is 30.9 Å². The lowest BCUT2D eigenvalue weighted by Crippen LogP contribution is -2.27. The second-order valence-corrected chi connectivity index (χ2v) is 7.12. The van der Waals surface area contributed by atoms with E-state index in [4.69, 9.17) is 0 Å². The average molecular weight is 303 g/mol. The number of aromatic hydroxyl groups is 1. The van der Waals surface area contributed by atoms with Crippen molar-refractivity contribution < 1.29 is 13.5 Å². The zero-order valence-electron chi connectivity index (χ0n) is 11.6. The SMILES string of the molecule is O=S(=O)(c1ccc(-c2cccc(O)c2)cc1)N1CCCC1. The van der Waals surface area contributed by atoms with Gasteiger partial charge in [-0.1, -0.05) is 24.3 Å². The van der Waals surface area contributed by atoms with Gasteiger partial charge in [-0.05, 0) is 48.2 Å². The van der Waals surface area contributed by atoms with E-state index in [0.29, 0.717) is 18.0 Å². The molecule has 21 heavy (non-hydrogen) atoms. The molecule has 0 spiro atoms. The molecule has 1 heterocycles. The molecule has 0 unspecified atom stereocenters. The number of hydrogen-bond acceptors (Lipinski definition) is 3. The van der Waals surface area contributed by atoms with Gasteiger partial charge >= 0.3 is 0 Å². The van der Waals surface area contributed by atoms with Crippen LogP contribution in [0.4, 0.5) is 0 Å². The van der Waals surface area contributed by atoms with Crippen molar-refractivity contribution in [1.82, 2.24) is 4.31 Å². The fourth-order valence-corrected chi connectivity index (χ4v) is 4.10. The Labute approximate surface area is 124 Å². The molecule has 0 saturated carbocycles. The predicted molar refractivity (Wildman–Crippen MR) is 81.5 cm³/mol. The highest BCUT2D eigenvalue weighted by atomic mass is 32.2. The standard InChI is InChI=1S/C16H17NO3S/c18-15-5-3-4-14(12-15)13-6-8-16(9-7-13)21(19,20)17-10-1-2-11-17/h3-9,12,18H,1-2,10-11H2. The van der Waals surface area contributed by atoms with Crippen LogP contribution in [0.5, 0.6) is 5.75 Å². The van der Waals surface area contributed by atoms with Crippen LogP contribution in [0.25, 0.3) is 11.1 Å². The molecule has 110 valence electrons. The van der Waals surface area contributed by atoms with E-state index in [1.165, 1.54) is 4.31 Å². The maximum absolute atomic E-state index is 12.4. The van der Waals surface area contributed by atoms with E-state index < -0.39 is 10.0 Å². The van der Waals surface area contributed by atoms with Gasteiger partial charge in [0.1, 0.15) is 5.75 Å². The van der Waals surface area contributed by atoms with Crippen molar-refractivity contribution in [1.29, 1.82) is 0 Å². The van der Waals surface area contributed by atoms with E-state index in [1.807, 2.05) is 6.07 Å². The molecule has 0 radical (unpaired) electrons. The summed E-state index contributed by atoms with van der Waals surface area (Å²) in [6, 6.07) is 13.7. The molecular weight excluding hydrogens is 286 g/mol. The smallest absolute Gasteiger partial charge is 0.243 e. The minimum atomic E-state index is -3.36. The Morgan fingerprint density at radius 2 is 1.57 bits per heavy atom. The molecule has 4 nitrogen and oxygen atoms in total. The molecule has 0 amide bonds. The Morgan fingerprint density at radius 3 is 2.19 bits per heavy atom. The third kappa shape index (κ3) is 2.80. The van der Waals surface area contributed by atoms with Gasteiger partial charge in [-0.25, -0.2) is 8.42 Å². The van der Waals surface area contributed by atoms with Gasteiger partial charge in [-0.15, -0.1) is 0 Å². The fraction of sp³-hybridized carbons (Fsp3) is 0.250. The Bertz CT molecular complexity index is 732. The molecule has 2 aromatic carbocycles. The van der Waals surface area contributed by atoms with Crippen molar-refractivity contribution in [2.24, 2.45) is 0 Å². The topological polar surface area (TPSA) is 57.6 Å². The second kappa shape index (κ2) is 5.50. The highest BCUT2D eigenvalue weighted by molar-refractivity contribution is 7.89. The minimum absolute atomic E-state index is 0.196. The van der Waals surface area contributed by atoms with Crippen molar-refractivity contribution in [3.8, 4) is 16.9 Å². The van der Waals surface area contributed by atoms with Crippen LogP contribution in [0, 0.1) is 0 Å². The van der Waals surface area contributed by atoms with Crippen LogP contribution in [-0.2, 0) is 10.0 Å². The average Bonchev–Trinajstić information content (AvgIpc) is 3.02. The van der Waals surface area contributed by atoms with Gasteiger partial charge in [-0.2, -0.15) is 4.31 Å². The summed E-state index contributed by atoms with van der Waals surface area (Å²) < 4.78 is 26.4. The maximum atomic E-state index is 12.4. The first-order chi connectivity index (χ1) is 10.1. The summed E-state index contributed by atoms with van der Waals surface area (Å²) in [6.07, 6.45) is 1.86. The lowest BCUT2D eigenvalue weighted by Gasteiger charge is -2.15. The van der Waals surface area contributed by atoms with Crippen molar-refractivity contribution in [3.05, 3.63) is 48.5 Å². The summed E-state index contributed by atoms with van der Waals surface area (Å²) in [6.45, 7) is 1.22. The molecule has 5 heteroatoms. The van der Waals surface area contributed by atoms with Crippen LogP contribution in [0.15, 0.2) is 53.4 Å². The van der Waals surface area contributed by atoms with E-state index in [9.17, 15) is 13.5 Å². The van der Waals surface area contributed by atoms with Crippen LogP contribution < -0.4 is 0 Å². The van der Waals surface area contributed by atoms with Crippen LogP contribution in [0.1, 0.15) is 12.8 Å². The number of nitrogens with zero attached hydrogens (tertiary/aromatic N) is 1. The molecule has 0 bridgehead atoms. The first-order valence-corrected chi connectivity index (χ1v) is 8.41. The van der Waals surface area contributed by atoms with Gasteiger partial charge in [0.25, 0.3) is 0 Å². The first kappa shape index (κ1) is 14.1. The van der Waals surface area contributed by atoms with Crippen LogP contribution in [0.2, 0.25) is 0 Å². The summed E-state index contributed by atoms with van der Waals surface area (Å²) in [5.74, 6) is 0.196. The zero-order chi connectivity index (χ0) is 14.9. The number of phenolic OH excluding ortho intramolecular Hbond substituents is 1. The molecule has 1 saturated heterocycles. The lowest BCUT2D eigenvalue weighted by molar-refractivity contribution is 0.475. The van der Waals surface area contributed by atoms with Gasteiger partial charge in [-0.3, -0.25) is 0 Å². The minimum Gasteiger partial charge on any atom is -0.508 e. The monoisotopic (exact) mass is 303 g/mol. The zero-order valence-corrected chi connectivity index (χ0v) is 12.4. The van der Waals surface area contributed by atoms with Crippen molar-refractivity contribution in [2.75, 3.05) is 13.1 Å². The Balaban J connectivity index is 1.90. The maximum Gasteiger partial charge on any atom is 0.243 e. The molecule has 3 rings (SSSR count). The largest absolute Gasteiger partial charge is 0.508 e. The van der Waals surface area contributed by atoms with Gasteiger partial charge < -0.3 is 5.11 Å². The second-order valence-electron chi connectivity index (χ2n) is 5.19. The third-order valence-corrected chi connectivity index (χ3v) is 5.65. The molecule has 0 aromatic heterocycles. The van der Waals surface area contributed by atoms with E-state index in [2.05, 4.69) is 0 Å². The van der Waals surface area contributed by atoms with Crippen molar-refractivity contribution >= 4 is 10.0 Å². The highest BCUT2D eigenvalue weighted by Gasteiger charge is 2.26. The Morgan fingerprint density at radius 1 is 0.905 bits per heavy atom. The van der Waals surface area contributed by atoms with Gasteiger partial charge in [0, 0.05) is 13.1 Å². The summed E-state index contributed by atoms with van der Waals surface area (Å²) in [4.78, 5) is 0.327.